The van der Waals surface area contributed by atoms with Gasteiger partial charge in [-0.3, -0.25) is 4.79 Å². The fourth-order valence-corrected chi connectivity index (χ4v) is 3.59. The molecule has 0 aliphatic heterocycles. The Hall–Kier alpha value is -2.87. The van der Waals surface area contributed by atoms with E-state index in [1.165, 1.54) is 0 Å². The molecule has 0 aromatic heterocycles. The van der Waals surface area contributed by atoms with E-state index in [-0.39, 0.29) is 6.61 Å². The molecule has 30 heavy (non-hydrogen) atoms. The number of carbonyl (C=O) groups is 2. The lowest BCUT2D eigenvalue weighted by molar-refractivity contribution is 0.0980. The number of sulfonamides is 1. The van der Waals surface area contributed by atoms with Gasteiger partial charge in [0.2, 0.25) is 10.0 Å². The molecule has 3 N–H and O–H groups in total. The Balaban J connectivity index is 2.20. The van der Waals surface area contributed by atoms with Crippen LogP contribution in [0.2, 0.25) is 0 Å². The average Bonchev–Trinajstić information content (AvgIpc) is 2.63. The summed E-state index contributed by atoms with van der Waals surface area (Å²) in [5.74, 6) is -0.316. The van der Waals surface area contributed by atoms with E-state index >= 15 is 0 Å². The standard InChI is InChI=1S/C22H28N2O5S/c1-15(2)13-19-14-18(10-11-20(19)21(25)24-30(3,27)28)17-8-6-16(7-9-17)5-4-12-29-22(23)26/h6-11,14-15H,4-5,12-13H2,1-3H3,(H2,23,26)(H,24,25). The van der Waals surface area contributed by atoms with Crippen LogP contribution in [0.1, 0.15) is 41.8 Å². The molecule has 0 aliphatic carbocycles. The zero-order chi connectivity index (χ0) is 22.3. The number of ether oxygens (including phenoxy) is 1. The zero-order valence-electron chi connectivity index (χ0n) is 17.5. The number of amides is 2. The maximum absolute atomic E-state index is 12.4. The van der Waals surface area contributed by atoms with Gasteiger partial charge in [-0.05, 0) is 53.5 Å². The highest BCUT2D eigenvalue weighted by Crippen LogP contribution is 2.25. The van der Waals surface area contributed by atoms with E-state index in [2.05, 4.69) is 0 Å². The zero-order valence-corrected chi connectivity index (χ0v) is 18.3. The summed E-state index contributed by atoms with van der Waals surface area (Å²) in [7, 11) is -3.63. The first kappa shape index (κ1) is 23.4. The second-order valence-corrected chi connectivity index (χ2v) is 9.39. The molecule has 7 nitrogen and oxygen atoms in total. The van der Waals surface area contributed by atoms with Gasteiger partial charge in [-0.25, -0.2) is 17.9 Å². The topological polar surface area (TPSA) is 116 Å². The molecule has 0 spiro atoms. The SMILES string of the molecule is CC(C)Cc1cc(-c2ccc(CCCOC(N)=O)cc2)ccc1C(=O)NS(C)(=O)=O. The van der Waals surface area contributed by atoms with E-state index in [4.69, 9.17) is 10.5 Å². The van der Waals surface area contributed by atoms with E-state index in [9.17, 15) is 18.0 Å². The number of hydrogen-bond donors (Lipinski definition) is 2. The summed E-state index contributed by atoms with van der Waals surface area (Å²) in [4.78, 5) is 23.0. The van der Waals surface area contributed by atoms with Crippen LogP contribution < -0.4 is 10.5 Å². The Kier molecular flexibility index (Phi) is 8.00. The van der Waals surface area contributed by atoms with Crippen LogP contribution in [0.15, 0.2) is 42.5 Å². The maximum Gasteiger partial charge on any atom is 0.404 e. The van der Waals surface area contributed by atoms with Gasteiger partial charge in [-0.15, -0.1) is 0 Å². The minimum absolute atomic E-state index is 0.284. The van der Waals surface area contributed by atoms with Crippen LogP contribution in [-0.4, -0.2) is 33.3 Å². The van der Waals surface area contributed by atoms with Gasteiger partial charge in [0.15, 0.2) is 0 Å². The van der Waals surface area contributed by atoms with Gasteiger partial charge in [0.25, 0.3) is 5.91 Å². The van der Waals surface area contributed by atoms with Crippen molar-refractivity contribution in [2.75, 3.05) is 12.9 Å². The number of hydrogen-bond acceptors (Lipinski definition) is 5. The summed E-state index contributed by atoms with van der Waals surface area (Å²) in [5.41, 5.74) is 9.16. The van der Waals surface area contributed by atoms with E-state index in [0.717, 1.165) is 34.9 Å². The van der Waals surface area contributed by atoms with E-state index in [1.807, 2.05) is 55.0 Å². The number of benzene rings is 2. The van der Waals surface area contributed by atoms with Crippen molar-refractivity contribution in [3.63, 3.8) is 0 Å². The summed E-state index contributed by atoms with van der Waals surface area (Å²) in [5, 5.41) is 0. The Morgan fingerprint density at radius 2 is 1.70 bits per heavy atom. The first-order valence-electron chi connectivity index (χ1n) is 9.71. The lowest BCUT2D eigenvalue weighted by atomic mass is 9.93. The first-order valence-corrected chi connectivity index (χ1v) is 11.6. The van der Waals surface area contributed by atoms with Crippen molar-refractivity contribution in [1.82, 2.24) is 4.72 Å². The second kappa shape index (κ2) is 10.2. The van der Waals surface area contributed by atoms with E-state index in [1.54, 1.807) is 6.07 Å². The summed E-state index contributed by atoms with van der Waals surface area (Å²) in [6, 6.07) is 13.4. The van der Waals surface area contributed by atoms with Crippen LogP contribution in [0.4, 0.5) is 4.79 Å². The molecule has 0 bridgehead atoms. The normalized spacial score (nSPS) is 11.3. The predicted octanol–water partition coefficient (Wildman–Crippen LogP) is 3.27. The van der Waals surface area contributed by atoms with Gasteiger partial charge in [0.05, 0.1) is 12.9 Å². The van der Waals surface area contributed by atoms with Gasteiger partial charge in [-0.1, -0.05) is 50.2 Å². The van der Waals surface area contributed by atoms with Crippen molar-refractivity contribution < 1.29 is 22.7 Å². The average molecular weight is 433 g/mol. The van der Waals surface area contributed by atoms with Crippen LogP contribution >= 0.6 is 0 Å². The van der Waals surface area contributed by atoms with Crippen molar-refractivity contribution in [2.24, 2.45) is 11.7 Å². The molecular formula is C22H28N2O5S. The van der Waals surface area contributed by atoms with Crippen molar-refractivity contribution in [1.29, 1.82) is 0 Å². The molecule has 0 atom stereocenters. The van der Waals surface area contributed by atoms with Crippen LogP contribution in [0.25, 0.3) is 11.1 Å². The molecule has 0 fully saturated rings. The van der Waals surface area contributed by atoms with Crippen molar-refractivity contribution in [3.8, 4) is 11.1 Å². The van der Waals surface area contributed by atoms with Gasteiger partial charge in [0.1, 0.15) is 0 Å². The number of primary amides is 1. The summed E-state index contributed by atoms with van der Waals surface area (Å²) in [6.07, 6.45) is 2.29. The molecule has 162 valence electrons. The highest BCUT2D eigenvalue weighted by atomic mass is 32.2. The van der Waals surface area contributed by atoms with Gasteiger partial charge >= 0.3 is 6.09 Å². The maximum atomic E-state index is 12.4. The molecule has 2 amide bonds. The Morgan fingerprint density at radius 1 is 1.07 bits per heavy atom. The Labute approximate surface area is 177 Å². The predicted molar refractivity (Wildman–Crippen MR) is 117 cm³/mol. The summed E-state index contributed by atoms with van der Waals surface area (Å²) < 4.78 is 29.6. The fourth-order valence-electron chi connectivity index (χ4n) is 3.14. The molecule has 2 aromatic carbocycles. The molecule has 2 rings (SSSR count). The van der Waals surface area contributed by atoms with Crippen molar-refractivity contribution >= 4 is 22.0 Å². The molecule has 2 aromatic rings. The first-order chi connectivity index (χ1) is 14.0. The summed E-state index contributed by atoms with van der Waals surface area (Å²) in [6.45, 7) is 4.37. The number of carbonyl (C=O) groups excluding carboxylic acids is 2. The molecular weight excluding hydrogens is 404 g/mol. The van der Waals surface area contributed by atoms with Crippen LogP contribution in [0, 0.1) is 5.92 Å². The molecule has 8 heteroatoms. The second-order valence-electron chi connectivity index (χ2n) is 7.64. The lowest BCUT2D eigenvalue weighted by Crippen LogP contribution is -2.30. The third kappa shape index (κ3) is 7.51. The van der Waals surface area contributed by atoms with Crippen molar-refractivity contribution in [2.45, 2.75) is 33.1 Å². The van der Waals surface area contributed by atoms with Gasteiger partial charge in [-0.2, -0.15) is 0 Å². The number of rotatable bonds is 9. The fraction of sp³-hybridized carbons (Fsp3) is 0.364. The molecule has 0 heterocycles. The quantitative estimate of drug-likeness (QED) is 0.590. The largest absolute Gasteiger partial charge is 0.450 e. The Morgan fingerprint density at radius 3 is 2.27 bits per heavy atom. The smallest absolute Gasteiger partial charge is 0.404 e. The molecule has 0 saturated heterocycles. The highest BCUT2D eigenvalue weighted by molar-refractivity contribution is 7.89. The third-order valence-corrected chi connectivity index (χ3v) is 4.95. The lowest BCUT2D eigenvalue weighted by Gasteiger charge is -2.14. The Bertz CT molecular complexity index is 999. The van der Waals surface area contributed by atoms with Crippen molar-refractivity contribution in [3.05, 3.63) is 59.2 Å². The van der Waals surface area contributed by atoms with Crippen LogP contribution in [0.5, 0.6) is 0 Å². The minimum atomic E-state index is -3.63. The number of nitrogens with one attached hydrogen (secondary N) is 1. The molecule has 0 aliphatic rings. The monoisotopic (exact) mass is 432 g/mol. The van der Waals surface area contributed by atoms with Gasteiger partial charge < -0.3 is 10.5 Å². The molecule has 0 unspecified atom stereocenters. The van der Waals surface area contributed by atoms with Crippen LogP contribution in [-0.2, 0) is 27.6 Å². The minimum Gasteiger partial charge on any atom is -0.450 e. The van der Waals surface area contributed by atoms with Crippen LogP contribution in [0.3, 0.4) is 0 Å². The highest BCUT2D eigenvalue weighted by Gasteiger charge is 2.17. The summed E-state index contributed by atoms with van der Waals surface area (Å²) >= 11 is 0. The third-order valence-electron chi connectivity index (χ3n) is 4.40. The number of nitrogens with two attached hydrogens (primary N) is 1. The van der Waals surface area contributed by atoms with E-state index in [0.29, 0.717) is 24.3 Å². The van der Waals surface area contributed by atoms with E-state index < -0.39 is 22.0 Å². The van der Waals surface area contributed by atoms with Gasteiger partial charge in [0, 0.05) is 5.56 Å². The number of aryl methyl sites for hydroxylation is 1. The molecule has 0 radical (unpaired) electrons. The molecule has 0 saturated carbocycles.